The van der Waals surface area contributed by atoms with Crippen molar-refractivity contribution in [1.82, 2.24) is 5.32 Å². The summed E-state index contributed by atoms with van der Waals surface area (Å²) in [6, 6.07) is 0.599. The fourth-order valence-electron chi connectivity index (χ4n) is 1.66. The Morgan fingerprint density at radius 3 is 2.58 bits per heavy atom. The Labute approximate surface area is 76.2 Å². The van der Waals surface area contributed by atoms with Gasteiger partial charge in [-0.25, -0.2) is 4.21 Å². The van der Waals surface area contributed by atoms with Crippen molar-refractivity contribution in [2.45, 2.75) is 38.1 Å². The fraction of sp³-hybridized carbons (Fsp3) is 1.00. The van der Waals surface area contributed by atoms with Crippen LogP contribution in [0.25, 0.3) is 0 Å². The van der Waals surface area contributed by atoms with Crippen molar-refractivity contribution in [3.8, 4) is 0 Å². The van der Waals surface area contributed by atoms with Gasteiger partial charge >= 0.3 is 0 Å². The van der Waals surface area contributed by atoms with Crippen LogP contribution in [0.15, 0.2) is 0 Å². The molecule has 1 rings (SSSR count). The molecule has 0 bridgehead atoms. The summed E-state index contributed by atoms with van der Waals surface area (Å²) in [5.74, 6) is 0.358. The quantitative estimate of drug-likeness (QED) is 0.655. The molecule has 0 amide bonds. The Morgan fingerprint density at radius 1 is 1.33 bits per heavy atom. The third kappa shape index (κ3) is 4.18. The largest absolute Gasteiger partial charge is 0.313 e. The van der Waals surface area contributed by atoms with Gasteiger partial charge in [-0.2, -0.15) is 0 Å². The summed E-state index contributed by atoms with van der Waals surface area (Å²) in [5, 5.41) is 3.30. The molecule has 1 atom stereocenters. The van der Waals surface area contributed by atoms with Gasteiger partial charge in [-0.1, -0.05) is 19.3 Å². The molecule has 0 heterocycles. The summed E-state index contributed by atoms with van der Waals surface area (Å²) < 4.78 is 18.8. The van der Waals surface area contributed by atoms with Gasteiger partial charge in [0.15, 0.2) is 11.1 Å². The van der Waals surface area contributed by atoms with Crippen LogP contribution in [0, 0.1) is 0 Å². The highest BCUT2D eigenvalue weighted by molar-refractivity contribution is 7.79. The molecule has 1 fully saturated rings. The lowest BCUT2D eigenvalue weighted by molar-refractivity contribution is 0.380. The van der Waals surface area contributed by atoms with Gasteiger partial charge in [-0.05, 0) is 12.8 Å². The van der Waals surface area contributed by atoms with E-state index in [2.05, 4.69) is 5.32 Å². The highest BCUT2D eigenvalue weighted by Gasteiger charge is 2.11. The van der Waals surface area contributed by atoms with Crippen LogP contribution >= 0.6 is 0 Å². The first-order valence-corrected chi connectivity index (χ1v) is 5.87. The van der Waals surface area contributed by atoms with Crippen molar-refractivity contribution in [1.29, 1.82) is 0 Å². The first-order valence-electron chi connectivity index (χ1n) is 4.60. The molecule has 0 saturated heterocycles. The molecule has 72 valence electrons. The number of rotatable bonds is 4. The molecule has 0 aromatic carbocycles. The van der Waals surface area contributed by atoms with Crippen LogP contribution in [0.1, 0.15) is 32.1 Å². The molecule has 0 aromatic heterocycles. The van der Waals surface area contributed by atoms with Crippen LogP contribution in [0.3, 0.4) is 0 Å². The molecule has 0 radical (unpaired) electrons. The lowest BCUT2D eigenvalue weighted by Crippen LogP contribution is -2.33. The predicted octanol–water partition coefficient (Wildman–Crippen LogP) is 1.13. The topological polar surface area (TPSA) is 49.3 Å². The minimum atomic E-state index is -1.63. The molecule has 1 saturated carbocycles. The molecule has 0 aromatic rings. The molecular formula is C8H17NO2S. The van der Waals surface area contributed by atoms with Crippen molar-refractivity contribution in [2.75, 3.05) is 12.3 Å². The lowest BCUT2D eigenvalue weighted by atomic mass is 9.96. The Bertz CT molecular complexity index is 146. The van der Waals surface area contributed by atoms with E-state index in [-0.39, 0.29) is 0 Å². The van der Waals surface area contributed by atoms with Crippen molar-refractivity contribution < 1.29 is 8.76 Å². The summed E-state index contributed by atoms with van der Waals surface area (Å²) in [6.07, 6.45) is 6.43. The maximum atomic E-state index is 10.3. The second kappa shape index (κ2) is 5.67. The van der Waals surface area contributed by atoms with Crippen LogP contribution in [0.2, 0.25) is 0 Å². The highest BCUT2D eigenvalue weighted by atomic mass is 32.2. The van der Waals surface area contributed by atoms with Crippen molar-refractivity contribution in [2.24, 2.45) is 0 Å². The minimum absolute atomic E-state index is 0.358. The van der Waals surface area contributed by atoms with Crippen molar-refractivity contribution >= 4 is 11.1 Å². The Hall–Kier alpha value is 0.0700. The third-order valence-electron chi connectivity index (χ3n) is 2.31. The van der Waals surface area contributed by atoms with Gasteiger partial charge in [0.05, 0.1) is 5.75 Å². The standard InChI is InChI=1S/C8H17NO2S/c10-12(11)7-6-9-8-4-2-1-3-5-8/h8-9H,1-7H2,(H,10,11). The van der Waals surface area contributed by atoms with Gasteiger partial charge in [-0.3, -0.25) is 0 Å². The third-order valence-corrected chi connectivity index (χ3v) is 2.87. The summed E-state index contributed by atoms with van der Waals surface area (Å²) in [6.45, 7) is 0.674. The SMILES string of the molecule is O=S(O)CCNC1CCCCC1. The van der Waals surface area contributed by atoms with Gasteiger partial charge in [0.2, 0.25) is 0 Å². The van der Waals surface area contributed by atoms with Crippen molar-refractivity contribution in [3.63, 3.8) is 0 Å². The van der Waals surface area contributed by atoms with Gasteiger partial charge in [0, 0.05) is 12.6 Å². The van der Waals surface area contributed by atoms with E-state index in [0.29, 0.717) is 18.3 Å². The van der Waals surface area contributed by atoms with Gasteiger partial charge in [0.1, 0.15) is 0 Å². The zero-order valence-corrected chi connectivity index (χ0v) is 8.11. The van der Waals surface area contributed by atoms with Crippen molar-refractivity contribution in [3.05, 3.63) is 0 Å². The molecule has 3 nitrogen and oxygen atoms in total. The van der Waals surface area contributed by atoms with E-state index in [1.165, 1.54) is 32.1 Å². The van der Waals surface area contributed by atoms with Crippen LogP contribution in [-0.4, -0.2) is 27.1 Å². The van der Waals surface area contributed by atoms with E-state index in [9.17, 15) is 4.21 Å². The molecular weight excluding hydrogens is 174 g/mol. The first kappa shape index (κ1) is 10.2. The second-order valence-electron chi connectivity index (χ2n) is 3.31. The number of nitrogens with one attached hydrogen (secondary N) is 1. The summed E-state index contributed by atoms with van der Waals surface area (Å²) in [5.41, 5.74) is 0. The normalized spacial score (nSPS) is 22.4. The summed E-state index contributed by atoms with van der Waals surface area (Å²) in [7, 11) is 0. The van der Waals surface area contributed by atoms with E-state index in [1.807, 2.05) is 0 Å². The smallest absolute Gasteiger partial charge is 0.154 e. The lowest BCUT2D eigenvalue weighted by Gasteiger charge is -2.22. The van der Waals surface area contributed by atoms with E-state index in [4.69, 9.17) is 4.55 Å². The van der Waals surface area contributed by atoms with Crippen LogP contribution in [0.5, 0.6) is 0 Å². The molecule has 0 spiro atoms. The Balaban J connectivity index is 2.01. The number of hydrogen-bond donors (Lipinski definition) is 2. The molecule has 1 aliphatic carbocycles. The van der Waals surface area contributed by atoms with Crippen LogP contribution in [0.4, 0.5) is 0 Å². The van der Waals surface area contributed by atoms with Crippen LogP contribution < -0.4 is 5.32 Å². The zero-order chi connectivity index (χ0) is 8.81. The molecule has 12 heavy (non-hydrogen) atoms. The highest BCUT2D eigenvalue weighted by Crippen LogP contribution is 2.16. The second-order valence-corrected chi connectivity index (χ2v) is 4.37. The maximum absolute atomic E-state index is 10.3. The fourth-order valence-corrected chi connectivity index (χ4v) is 1.95. The van der Waals surface area contributed by atoms with Gasteiger partial charge < -0.3 is 9.87 Å². The monoisotopic (exact) mass is 191 g/mol. The molecule has 2 N–H and O–H groups in total. The average molecular weight is 191 g/mol. The Morgan fingerprint density at radius 2 is 2.00 bits per heavy atom. The van der Waals surface area contributed by atoms with Gasteiger partial charge in [-0.15, -0.1) is 0 Å². The summed E-state index contributed by atoms with van der Waals surface area (Å²) >= 11 is -1.63. The molecule has 1 unspecified atom stereocenters. The summed E-state index contributed by atoms with van der Waals surface area (Å²) in [4.78, 5) is 0. The molecule has 4 heteroatoms. The van der Waals surface area contributed by atoms with Crippen LogP contribution in [-0.2, 0) is 11.1 Å². The molecule has 0 aliphatic heterocycles. The zero-order valence-electron chi connectivity index (χ0n) is 7.29. The predicted molar refractivity (Wildman–Crippen MR) is 50.5 cm³/mol. The average Bonchev–Trinajstić information content (AvgIpc) is 2.05. The minimum Gasteiger partial charge on any atom is -0.313 e. The Kier molecular flexibility index (Phi) is 4.80. The van der Waals surface area contributed by atoms with E-state index >= 15 is 0 Å². The number of hydrogen-bond acceptors (Lipinski definition) is 2. The van der Waals surface area contributed by atoms with E-state index in [0.717, 1.165) is 0 Å². The first-order chi connectivity index (χ1) is 5.79. The maximum Gasteiger partial charge on any atom is 0.154 e. The van der Waals surface area contributed by atoms with E-state index in [1.54, 1.807) is 0 Å². The molecule has 1 aliphatic rings. The van der Waals surface area contributed by atoms with E-state index < -0.39 is 11.1 Å². The van der Waals surface area contributed by atoms with Gasteiger partial charge in [0.25, 0.3) is 0 Å².